The minimum Gasteiger partial charge on any atom is -0.0945 e. The zero-order chi connectivity index (χ0) is 20.3. The number of aryl methyl sites for hydroxylation is 2. The fraction of sp³-hybridized carbons (Fsp3) is 0.517. The quantitative estimate of drug-likeness (QED) is 0.318. The van der Waals surface area contributed by atoms with Gasteiger partial charge in [-0.1, -0.05) is 81.3 Å². The molecule has 0 nitrogen and oxygen atoms in total. The van der Waals surface area contributed by atoms with Crippen LogP contribution in [0.25, 0.3) is 0 Å². The van der Waals surface area contributed by atoms with Gasteiger partial charge in [-0.15, -0.1) is 0 Å². The fourth-order valence-electron chi connectivity index (χ4n) is 4.43. The second-order valence-electron chi connectivity index (χ2n) is 8.82. The molecule has 0 bridgehead atoms. The average Bonchev–Trinajstić information content (AvgIpc) is 2.78. The molecule has 2 aromatic rings. The summed E-state index contributed by atoms with van der Waals surface area (Å²) in [5, 5.41) is 0. The van der Waals surface area contributed by atoms with E-state index in [9.17, 15) is 0 Å². The van der Waals surface area contributed by atoms with Crippen molar-refractivity contribution in [2.24, 2.45) is 5.92 Å². The molecule has 1 aliphatic carbocycles. The van der Waals surface area contributed by atoms with Crippen LogP contribution in [0, 0.1) is 17.8 Å². The van der Waals surface area contributed by atoms with Gasteiger partial charge in [-0.05, 0) is 86.1 Å². The lowest BCUT2D eigenvalue weighted by Gasteiger charge is -2.26. The third-order valence-corrected chi connectivity index (χ3v) is 6.44. The van der Waals surface area contributed by atoms with Gasteiger partial charge in [0.15, 0.2) is 0 Å². The molecule has 1 aliphatic rings. The molecule has 0 unspecified atom stereocenters. The van der Waals surface area contributed by atoms with E-state index in [-0.39, 0.29) is 0 Å². The van der Waals surface area contributed by atoms with Gasteiger partial charge in [0.25, 0.3) is 0 Å². The van der Waals surface area contributed by atoms with Gasteiger partial charge in [0.1, 0.15) is 0 Å². The van der Waals surface area contributed by atoms with E-state index in [1.807, 2.05) is 0 Å². The van der Waals surface area contributed by atoms with E-state index in [2.05, 4.69) is 74.2 Å². The second kappa shape index (κ2) is 11.9. The summed E-state index contributed by atoms with van der Waals surface area (Å²) < 4.78 is 0. The summed E-state index contributed by atoms with van der Waals surface area (Å²) >= 11 is 0. The Labute approximate surface area is 179 Å². The fourth-order valence-corrected chi connectivity index (χ4v) is 4.43. The van der Waals surface area contributed by atoms with Gasteiger partial charge in [0, 0.05) is 11.5 Å². The van der Waals surface area contributed by atoms with Crippen LogP contribution in [0.15, 0.2) is 48.5 Å². The first kappa shape index (κ1) is 21.7. The number of benzene rings is 2. The lowest BCUT2D eigenvalue weighted by molar-refractivity contribution is 0.384. The standard InChI is InChI=1S/C29H38/c1-3-5-7-9-25-10-12-26(13-11-25)14-15-27-18-22-29(23-19-27)28-20-16-24(17-21-28)8-6-4-2/h10-13,16-17,20-21,27,29H,3-9,18-19,22-23H2,1-2H3. The largest absolute Gasteiger partial charge is 0.0945 e. The highest BCUT2D eigenvalue weighted by atomic mass is 14.2. The van der Waals surface area contributed by atoms with Crippen molar-refractivity contribution in [2.45, 2.75) is 90.4 Å². The summed E-state index contributed by atoms with van der Waals surface area (Å²) in [5.41, 5.74) is 5.65. The van der Waals surface area contributed by atoms with Gasteiger partial charge in [-0.25, -0.2) is 0 Å². The van der Waals surface area contributed by atoms with Gasteiger partial charge >= 0.3 is 0 Å². The molecule has 0 saturated heterocycles. The molecule has 0 amide bonds. The third-order valence-electron chi connectivity index (χ3n) is 6.44. The van der Waals surface area contributed by atoms with Crippen molar-refractivity contribution in [1.29, 1.82) is 0 Å². The van der Waals surface area contributed by atoms with Crippen LogP contribution in [0.2, 0.25) is 0 Å². The molecule has 154 valence electrons. The predicted molar refractivity (Wildman–Crippen MR) is 126 cm³/mol. The topological polar surface area (TPSA) is 0 Å². The number of rotatable bonds is 8. The van der Waals surface area contributed by atoms with E-state index in [4.69, 9.17) is 0 Å². The van der Waals surface area contributed by atoms with Crippen LogP contribution < -0.4 is 0 Å². The van der Waals surface area contributed by atoms with E-state index in [0.29, 0.717) is 5.92 Å². The van der Waals surface area contributed by atoms with Gasteiger partial charge in [-0.2, -0.15) is 0 Å². The zero-order valence-corrected chi connectivity index (χ0v) is 18.6. The predicted octanol–water partition coefficient (Wildman–Crippen LogP) is 8.09. The molecule has 0 atom stereocenters. The Morgan fingerprint density at radius 3 is 1.90 bits per heavy atom. The average molecular weight is 387 g/mol. The Kier molecular flexibility index (Phi) is 8.88. The van der Waals surface area contributed by atoms with Crippen LogP contribution in [-0.2, 0) is 12.8 Å². The molecule has 0 aromatic heterocycles. The normalized spacial score (nSPS) is 18.8. The molecule has 2 aromatic carbocycles. The van der Waals surface area contributed by atoms with Crippen molar-refractivity contribution in [3.8, 4) is 11.8 Å². The number of unbranched alkanes of at least 4 members (excludes halogenated alkanes) is 3. The zero-order valence-electron chi connectivity index (χ0n) is 18.6. The highest BCUT2D eigenvalue weighted by molar-refractivity contribution is 5.37. The van der Waals surface area contributed by atoms with Crippen molar-refractivity contribution in [3.63, 3.8) is 0 Å². The summed E-state index contributed by atoms with van der Waals surface area (Å²) in [4.78, 5) is 0. The van der Waals surface area contributed by atoms with Crippen molar-refractivity contribution >= 4 is 0 Å². The van der Waals surface area contributed by atoms with Crippen LogP contribution in [0.4, 0.5) is 0 Å². The molecule has 1 saturated carbocycles. The first-order valence-electron chi connectivity index (χ1n) is 12.0. The van der Waals surface area contributed by atoms with E-state index in [1.165, 1.54) is 92.9 Å². The smallest absolute Gasteiger partial charge is 0.0245 e. The molecule has 1 fully saturated rings. The lowest BCUT2D eigenvalue weighted by Crippen LogP contribution is -2.12. The molecule has 0 radical (unpaired) electrons. The van der Waals surface area contributed by atoms with E-state index in [0.717, 1.165) is 5.92 Å². The van der Waals surface area contributed by atoms with Crippen LogP contribution in [0.5, 0.6) is 0 Å². The Balaban J connectivity index is 1.46. The number of hydrogen-bond donors (Lipinski definition) is 0. The van der Waals surface area contributed by atoms with Gasteiger partial charge in [0.2, 0.25) is 0 Å². The highest BCUT2D eigenvalue weighted by Gasteiger charge is 2.21. The van der Waals surface area contributed by atoms with Crippen LogP contribution in [0.3, 0.4) is 0 Å². The number of hydrogen-bond acceptors (Lipinski definition) is 0. The first-order chi connectivity index (χ1) is 14.3. The second-order valence-corrected chi connectivity index (χ2v) is 8.82. The van der Waals surface area contributed by atoms with E-state index < -0.39 is 0 Å². The summed E-state index contributed by atoms with van der Waals surface area (Å²) in [6.45, 7) is 4.52. The van der Waals surface area contributed by atoms with Crippen LogP contribution in [-0.4, -0.2) is 0 Å². The molecular weight excluding hydrogens is 348 g/mol. The van der Waals surface area contributed by atoms with E-state index in [1.54, 1.807) is 0 Å². The minimum atomic E-state index is 0.569. The molecule has 0 N–H and O–H groups in total. The lowest BCUT2D eigenvalue weighted by atomic mass is 9.78. The summed E-state index contributed by atoms with van der Waals surface area (Å²) in [5.74, 6) is 8.31. The first-order valence-corrected chi connectivity index (χ1v) is 12.0. The molecule has 0 heteroatoms. The molecule has 3 rings (SSSR count). The minimum absolute atomic E-state index is 0.569. The summed E-state index contributed by atoms with van der Waals surface area (Å²) in [6.07, 6.45) is 13.9. The Morgan fingerprint density at radius 2 is 1.28 bits per heavy atom. The molecule has 0 spiro atoms. The summed E-state index contributed by atoms with van der Waals surface area (Å²) in [6, 6.07) is 18.4. The summed E-state index contributed by atoms with van der Waals surface area (Å²) in [7, 11) is 0. The molecule has 29 heavy (non-hydrogen) atoms. The van der Waals surface area contributed by atoms with Crippen molar-refractivity contribution in [3.05, 3.63) is 70.8 Å². The van der Waals surface area contributed by atoms with Crippen molar-refractivity contribution in [1.82, 2.24) is 0 Å². The van der Waals surface area contributed by atoms with E-state index >= 15 is 0 Å². The molecule has 0 aliphatic heterocycles. The van der Waals surface area contributed by atoms with Crippen LogP contribution >= 0.6 is 0 Å². The van der Waals surface area contributed by atoms with Gasteiger partial charge in [-0.3, -0.25) is 0 Å². The maximum Gasteiger partial charge on any atom is 0.0245 e. The SMILES string of the molecule is CCCCCc1ccc(C#CC2CCC(c3ccc(CCCC)cc3)CC2)cc1. The van der Waals surface area contributed by atoms with Crippen molar-refractivity contribution < 1.29 is 0 Å². The Hall–Kier alpha value is -2.00. The van der Waals surface area contributed by atoms with Crippen LogP contribution in [0.1, 0.15) is 99.8 Å². The maximum atomic E-state index is 3.56. The monoisotopic (exact) mass is 386 g/mol. The molecule has 0 heterocycles. The Bertz CT molecular complexity index is 762. The van der Waals surface area contributed by atoms with Gasteiger partial charge < -0.3 is 0 Å². The highest BCUT2D eigenvalue weighted by Crippen LogP contribution is 2.35. The molecular formula is C29H38. The van der Waals surface area contributed by atoms with Gasteiger partial charge in [0.05, 0.1) is 0 Å². The third kappa shape index (κ3) is 7.08. The van der Waals surface area contributed by atoms with Crippen molar-refractivity contribution in [2.75, 3.05) is 0 Å². The Morgan fingerprint density at radius 1 is 0.690 bits per heavy atom. The maximum absolute atomic E-state index is 3.56.